The quantitative estimate of drug-likeness (QED) is 0.408. The first-order chi connectivity index (χ1) is 10.6. The van der Waals surface area contributed by atoms with Crippen LogP contribution in [0.3, 0.4) is 0 Å². The van der Waals surface area contributed by atoms with Crippen molar-refractivity contribution in [2.24, 2.45) is 5.10 Å². The van der Waals surface area contributed by atoms with Crippen LogP contribution in [0.5, 0.6) is 11.5 Å². The number of phenols is 1. The summed E-state index contributed by atoms with van der Waals surface area (Å²) in [5.41, 5.74) is 3.22. The van der Waals surface area contributed by atoms with Crippen LogP contribution in [0, 0.1) is 0 Å². The maximum absolute atomic E-state index is 10.00. The van der Waals surface area contributed by atoms with Gasteiger partial charge in [0, 0.05) is 23.2 Å². The maximum Gasteiger partial charge on any atom is 0.187 e. The van der Waals surface area contributed by atoms with Crippen molar-refractivity contribution in [3.8, 4) is 11.5 Å². The van der Waals surface area contributed by atoms with E-state index in [1.807, 2.05) is 0 Å². The van der Waals surface area contributed by atoms with Crippen LogP contribution in [0.1, 0.15) is 18.4 Å². The highest BCUT2D eigenvalue weighted by Crippen LogP contribution is 2.32. The van der Waals surface area contributed by atoms with Gasteiger partial charge in [-0.05, 0) is 37.2 Å². The fraction of sp³-hybridized carbons (Fsp3) is 0.429. The normalized spacial score (nSPS) is 17.6. The van der Waals surface area contributed by atoms with Crippen LogP contribution in [0.4, 0.5) is 0 Å². The van der Waals surface area contributed by atoms with Crippen LogP contribution in [-0.4, -0.2) is 42.8 Å². The van der Waals surface area contributed by atoms with Gasteiger partial charge in [-0.15, -0.1) is 0 Å². The van der Waals surface area contributed by atoms with Crippen molar-refractivity contribution in [3.63, 3.8) is 0 Å². The van der Waals surface area contributed by atoms with Gasteiger partial charge in [-0.25, -0.2) is 0 Å². The minimum Gasteiger partial charge on any atom is -0.504 e. The molecule has 0 bridgehead atoms. The van der Waals surface area contributed by atoms with Gasteiger partial charge >= 0.3 is 0 Å². The topological polar surface area (TPSA) is 75.1 Å². The number of nitrogens with one attached hydrogen (secondary N) is 2. The molecule has 1 aromatic rings. The largest absolute Gasteiger partial charge is 0.504 e. The Morgan fingerprint density at radius 3 is 3.14 bits per heavy atom. The standard InChI is InChI=1S/C14H18BrN3O3S/c1-20-12-6-10(15)5-9(13(12)19)7-17-18-14(22)16-8-11-3-2-4-21-11/h5-7,11,19H,2-4,8H2,1H3,(H2,16,18,22)/b17-7+/t11-/m0/s1. The molecular weight excluding hydrogens is 370 g/mol. The second-order valence-electron chi connectivity index (χ2n) is 4.76. The molecule has 1 aliphatic rings. The molecule has 0 amide bonds. The van der Waals surface area contributed by atoms with Crippen molar-refractivity contribution in [1.29, 1.82) is 0 Å². The molecule has 0 spiro atoms. The second-order valence-corrected chi connectivity index (χ2v) is 6.08. The van der Waals surface area contributed by atoms with Gasteiger partial charge in [-0.2, -0.15) is 5.10 Å². The molecule has 0 aliphatic carbocycles. The Bertz CT molecular complexity index is 563. The van der Waals surface area contributed by atoms with Gasteiger partial charge in [0.15, 0.2) is 16.6 Å². The summed E-state index contributed by atoms with van der Waals surface area (Å²) in [7, 11) is 1.49. The summed E-state index contributed by atoms with van der Waals surface area (Å²) >= 11 is 8.47. The van der Waals surface area contributed by atoms with Crippen molar-refractivity contribution in [2.45, 2.75) is 18.9 Å². The molecule has 120 valence electrons. The van der Waals surface area contributed by atoms with Crippen LogP contribution in [0.15, 0.2) is 21.7 Å². The van der Waals surface area contributed by atoms with Crippen LogP contribution >= 0.6 is 28.1 Å². The number of ether oxygens (including phenoxy) is 2. The number of nitrogens with zero attached hydrogens (tertiary/aromatic N) is 1. The van der Waals surface area contributed by atoms with Crippen molar-refractivity contribution in [1.82, 2.24) is 10.7 Å². The number of rotatable bonds is 5. The van der Waals surface area contributed by atoms with Crippen molar-refractivity contribution < 1.29 is 14.6 Å². The highest BCUT2D eigenvalue weighted by atomic mass is 79.9. The minimum absolute atomic E-state index is 0.0227. The Balaban J connectivity index is 1.86. The third-order valence-corrected chi connectivity index (χ3v) is 3.87. The zero-order valence-corrected chi connectivity index (χ0v) is 14.5. The zero-order valence-electron chi connectivity index (χ0n) is 12.1. The Morgan fingerprint density at radius 1 is 1.64 bits per heavy atom. The third kappa shape index (κ3) is 4.82. The summed E-state index contributed by atoms with van der Waals surface area (Å²) < 4.78 is 11.3. The molecule has 0 radical (unpaired) electrons. The maximum atomic E-state index is 10.00. The molecule has 1 saturated heterocycles. The molecular formula is C14H18BrN3O3S. The molecule has 2 rings (SSSR count). The van der Waals surface area contributed by atoms with E-state index in [1.54, 1.807) is 12.1 Å². The molecule has 3 N–H and O–H groups in total. The lowest BCUT2D eigenvalue weighted by Gasteiger charge is -2.11. The number of hydrogen-bond acceptors (Lipinski definition) is 5. The number of thiocarbonyl (C=S) groups is 1. The number of hydrazone groups is 1. The van der Waals surface area contributed by atoms with Gasteiger partial charge in [0.2, 0.25) is 0 Å². The molecule has 6 nitrogen and oxygen atoms in total. The minimum atomic E-state index is 0.0227. The van der Waals surface area contributed by atoms with Crippen LogP contribution in [-0.2, 0) is 4.74 Å². The van der Waals surface area contributed by atoms with Crippen molar-refractivity contribution in [3.05, 3.63) is 22.2 Å². The highest BCUT2D eigenvalue weighted by molar-refractivity contribution is 9.10. The molecule has 1 aromatic carbocycles. The lowest BCUT2D eigenvalue weighted by Crippen LogP contribution is -2.37. The number of aromatic hydroxyl groups is 1. The average Bonchev–Trinajstić information content (AvgIpc) is 3.01. The summed E-state index contributed by atoms with van der Waals surface area (Å²) in [6, 6.07) is 3.40. The van der Waals surface area contributed by atoms with E-state index in [-0.39, 0.29) is 11.9 Å². The smallest absolute Gasteiger partial charge is 0.187 e. The molecule has 1 heterocycles. The van der Waals surface area contributed by atoms with Crippen LogP contribution < -0.4 is 15.5 Å². The second kappa shape index (κ2) is 8.30. The van der Waals surface area contributed by atoms with E-state index in [0.29, 0.717) is 23.0 Å². The fourth-order valence-electron chi connectivity index (χ4n) is 2.06. The molecule has 1 aliphatic heterocycles. The Labute approximate surface area is 143 Å². The predicted molar refractivity (Wildman–Crippen MR) is 92.7 cm³/mol. The summed E-state index contributed by atoms with van der Waals surface area (Å²) in [5, 5.41) is 17.5. The Hall–Kier alpha value is -1.38. The molecule has 0 aromatic heterocycles. The van der Waals surface area contributed by atoms with E-state index in [0.717, 1.165) is 23.9 Å². The van der Waals surface area contributed by atoms with Crippen molar-refractivity contribution in [2.75, 3.05) is 20.3 Å². The molecule has 22 heavy (non-hydrogen) atoms. The van der Waals surface area contributed by atoms with Crippen LogP contribution in [0.25, 0.3) is 0 Å². The van der Waals surface area contributed by atoms with E-state index in [2.05, 4.69) is 31.8 Å². The van der Waals surface area contributed by atoms with E-state index in [4.69, 9.17) is 21.7 Å². The van der Waals surface area contributed by atoms with E-state index in [1.165, 1.54) is 13.3 Å². The van der Waals surface area contributed by atoms with Gasteiger partial charge in [0.05, 0.1) is 19.4 Å². The first-order valence-corrected chi connectivity index (χ1v) is 8.05. The molecule has 0 saturated carbocycles. The Morgan fingerprint density at radius 2 is 2.45 bits per heavy atom. The lowest BCUT2D eigenvalue weighted by molar-refractivity contribution is 0.114. The summed E-state index contributed by atoms with van der Waals surface area (Å²) in [6.07, 6.45) is 3.82. The van der Waals surface area contributed by atoms with Gasteiger partial charge in [0.1, 0.15) is 0 Å². The molecule has 1 atom stereocenters. The van der Waals surface area contributed by atoms with Gasteiger partial charge in [0.25, 0.3) is 0 Å². The fourth-order valence-corrected chi connectivity index (χ4v) is 2.65. The SMILES string of the molecule is COc1cc(Br)cc(/C=N/NC(=S)NC[C@@H]2CCCO2)c1O. The third-order valence-electron chi connectivity index (χ3n) is 3.17. The summed E-state index contributed by atoms with van der Waals surface area (Å²) in [4.78, 5) is 0. The molecule has 0 unspecified atom stereocenters. The van der Waals surface area contributed by atoms with E-state index in [9.17, 15) is 5.11 Å². The first-order valence-electron chi connectivity index (χ1n) is 6.85. The van der Waals surface area contributed by atoms with Gasteiger partial charge in [-0.1, -0.05) is 15.9 Å². The first kappa shape index (κ1) is 17.0. The summed E-state index contributed by atoms with van der Waals surface area (Å²) in [5.74, 6) is 0.393. The number of phenolic OH excluding ortho intramolecular Hbond substituents is 1. The number of methoxy groups -OCH3 is 1. The average molecular weight is 388 g/mol. The van der Waals surface area contributed by atoms with E-state index < -0.39 is 0 Å². The van der Waals surface area contributed by atoms with Gasteiger partial charge in [-0.3, -0.25) is 5.43 Å². The predicted octanol–water partition coefficient (Wildman–Crippen LogP) is 2.14. The van der Waals surface area contributed by atoms with Gasteiger partial charge < -0.3 is 19.9 Å². The van der Waals surface area contributed by atoms with E-state index >= 15 is 0 Å². The summed E-state index contributed by atoms with van der Waals surface area (Å²) in [6.45, 7) is 1.48. The number of hydrogen-bond donors (Lipinski definition) is 3. The molecule has 1 fully saturated rings. The van der Waals surface area contributed by atoms with Crippen LogP contribution in [0.2, 0.25) is 0 Å². The van der Waals surface area contributed by atoms with Crippen molar-refractivity contribution >= 4 is 39.5 Å². The molecule has 8 heteroatoms. The zero-order chi connectivity index (χ0) is 15.9. The highest BCUT2D eigenvalue weighted by Gasteiger charge is 2.15. The number of benzene rings is 1. The monoisotopic (exact) mass is 387 g/mol. The lowest BCUT2D eigenvalue weighted by atomic mass is 10.2. The number of halogens is 1. The Kier molecular flexibility index (Phi) is 6.41.